The van der Waals surface area contributed by atoms with Crippen molar-refractivity contribution < 1.29 is 22.7 Å². The van der Waals surface area contributed by atoms with Crippen molar-refractivity contribution >= 4 is 27.6 Å². The first-order valence-corrected chi connectivity index (χ1v) is 11.4. The van der Waals surface area contributed by atoms with Crippen molar-refractivity contribution in [1.82, 2.24) is 4.31 Å². The summed E-state index contributed by atoms with van der Waals surface area (Å²) in [7, 11) is -3.62. The second kappa shape index (κ2) is 10.1. The maximum absolute atomic E-state index is 12.9. The number of para-hydroxylation sites is 1. The van der Waals surface area contributed by atoms with Crippen molar-refractivity contribution in [3.63, 3.8) is 0 Å². The molecule has 0 radical (unpaired) electrons. The van der Waals surface area contributed by atoms with Gasteiger partial charge >= 0.3 is 5.97 Å². The summed E-state index contributed by atoms with van der Waals surface area (Å²) in [4.78, 5) is 12.4. The van der Waals surface area contributed by atoms with Gasteiger partial charge < -0.3 is 9.47 Å². The van der Waals surface area contributed by atoms with Crippen molar-refractivity contribution in [2.45, 2.75) is 30.6 Å². The number of carbonyl (C=O) groups is 1. The van der Waals surface area contributed by atoms with Gasteiger partial charge in [-0.3, -0.25) is 0 Å². The number of sulfonamides is 1. The summed E-state index contributed by atoms with van der Waals surface area (Å²) >= 11 is 6.00. The fourth-order valence-corrected chi connectivity index (χ4v) is 4.90. The van der Waals surface area contributed by atoms with Gasteiger partial charge in [-0.2, -0.15) is 4.31 Å². The van der Waals surface area contributed by atoms with Gasteiger partial charge in [0.25, 0.3) is 0 Å². The molecule has 2 aromatic rings. The molecule has 0 unspecified atom stereocenters. The minimum atomic E-state index is -3.62. The van der Waals surface area contributed by atoms with Crippen molar-refractivity contribution in [2.24, 2.45) is 0 Å². The lowest BCUT2D eigenvalue weighted by Gasteiger charge is -2.20. The average molecular weight is 438 g/mol. The Morgan fingerprint density at radius 2 is 1.69 bits per heavy atom. The Labute approximate surface area is 176 Å². The third-order valence-corrected chi connectivity index (χ3v) is 6.89. The van der Waals surface area contributed by atoms with Gasteiger partial charge in [-0.25, -0.2) is 13.2 Å². The van der Waals surface area contributed by atoms with Gasteiger partial charge in [-0.1, -0.05) is 42.6 Å². The van der Waals surface area contributed by atoms with Gasteiger partial charge in [0.2, 0.25) is 10.0 Å². The van der Waals surface area contributed by atoms with Crippen LogP contribution in [0.5, 0.6) is 5.75 Å². The molecule has 1 fully saturated rings. The highest BCUT2D eigenvalue weighted by atomic mass is 35.5. The molecule has 0 spiro atoms. The van der Waals surface area contributed by atoms with Gasteiger partial charge in [-0.05, 0) is 43.2 Å². The molecule has 0 saturated carbocycles. The van der Waals surface area contributed by atoms with E-state index in [2.05, 4.69) is 0 Å². The number of esters is 1. The fraction of sp³-hybridized carbons (Fsp3) is 0.381. The number of halogens is 1. The van der Waals surface area contributed by atoms with Crippen LogP contribution in [-0.4, -0.2) is 45.0 Å². The standard InChI is InChI=1S/C21H24ClNO5S/c22-19-10-3-4-11-20(19)27-14-15-28-21(24)17-8-7-9-18(16-17)29(25,26)23-12-5-1-2-6-13-23/h3-4,7-11,16H,1-2,5-6,12-15H2. The number of hydrogen-bond donors (Lipinski definition) is 0. The van der Waals surface area contributed by atoms with Gasteiger partial charge in [0.05, 0.1) is 15.5 Å². The van der Waals surface area contributed by atoms with E-state index in [-0.39, 0.29) is 23.7 Å². The lowest BCUT2D eigenvalue weighted by atomic mass is 10.2. The Hall–Kier alpha value is -2.09. The molecule has 2 aromatic carbocycles. The van der Waals surface area contributed by atoms with E-state index in [4.69, 9.17) is 21.1 Å². The molecule has 1 heterocycles. The van der Waals surface area contributed by atoms with Crippen LogP contribution >= 0.6 is 11.6 Å². The summed E-state index contributed by atoms with van der Waals surface area (Å²) in [6, 6.07) is 13.0. The largest absolute Gasteiger partial charge is 0.488 e. The number of nitrogens with zero attached hydrogens (tertiary/aromatic N) is 1. The second-order valence-electron chi connectivity index (χ2n) is 6.76. The number of benzene rings is 2. The summed E-state index contributed by atoms with van der Waals surface area (Å²) in [5.74, 6) is -0.0866. The summed E-state index contributed by atoms with van der Waals surface area (Å²) in [5.41, 5.74) is 0.193. The number of hydrogen-bond acceptors (Lipinski definition) is 5. The molecular weight excluding hydrogens is 414 g/mol. The van der Waals surface area contributed by atoms with E-state index < -0.39 is 16.0 Å². The van der Waals surface area contributed by atoms with Crippen molar-refractivity contribution in [1.29, 1.82) is 0 Å². The van der Waals surface area contributed by atoms with E-state index in [1.165, 1.54) is 16.4 Å². The SMILES string of the molecule is O=C(OCCOc1ccccc1Cl)c1cccc(S(=O)(=O)N2CCCCCC2)c1. The molecule has 0 aromatic heterocycles. The third-order valence-electron chi connectivity index (χ3n) is 4.68. The van der Waals surface area contributed by atoms with Crippen molar-refractivity contribution in [3.8, 4) is 5.75 Å². The Kier molecular flexibility index (Phi) is 7.52. The topological polar surface area (TPSA) is 72.9 Å². The summed E-state index contributed by atoms with van der Waals surface area (Å²) in [5, 5.41) is 0.477. The molecular formula is C21H24ClNO5S. The van der Waals surface area contributed by atoms with Crippen molar-refractivity contribution in [2.75, 3.05) is 26.3 Å². The summed E-state index contributed by atoms with van der Waals surface area (Å²) in [6.45, 7) is 1.18. The van der Waals surface area contributed by atoms with E-state index in [0.717, 1.165) is 25.7 Å². The van der Waals surface area contributed by atoms with Crippen LogP contribution in [0, 0.1) is 0 Å². The zero-order chi connectivity index (χ0) is 20.7. The van der Waals surface area contributed by atoms with Crippen LogP contribution in [0.3, 0.4) is 0 Å². The second-order valence-corrected chi connectivity index (χ2v) is 9.11. The first-order chi connectivity index (χ1) is 14.0. The van der Waals surface area contributed by atoms with E-state index in [0.29, 0.717) is 23.9 Å². The molecule has 1 saturated heterocycles. The maximum Gasteiger partial charge on any atom is 0.338 e. The molecule has 8 heteroatoms. The minimum Gasteiger partial charge on any atom is -0.488 e. The molecule has 29 heavy (non-hydrogen) atoms. The van der Waals surface area contributed by atoms with E-state index in [1.54, 1.807) is 36.4 Å². The van der Waals surface area contributed by atoms with Crippen LogP contribution < -0.4 is 4.74 Å². The van der Waals surface area contributed by atoms with Crippen LogP contribution in [0.1, 0.15) is 36.0 Å². The molecule has 6 nitrogen and oxygen atoms in total. The third kappa shape index (κ3) is 5.72. The average Bonchev–Trinajstić information content (AvgIpc) is 3.02. The molecule has 1 aliphatic rings. The predicted octanol–water partition coefficient (Wildman–Crippen LogP) is 4.14. The Bertz CT molecular complexity index is 940. The molecule has 0 bridgehead atoms. The zero-order valence-corrected chi connectivity index (χ0v) is 17.6. The normalized spacial score (nSPS) is 15.5. The van der Waals surface area contributed by atoms with Gasteiger partial charge in [-0.15, -0.1) is 0 Å². The molecule has 0 atom stereocenters. The van der Waals surface area contributed by atoms with Crippen LogP contribution in [0.15, 0.2) is 53.4 Å². The lowest BCUT2D eigenvalue weighted by molar-refractivity contribution is 0.0450. The van der Waals surface area contributed by atoms with E-state index in [9.17, 15) is 13.2 Å². The predicted molar refractivity (Wildman–Crippen MR) is 111 cm³/mol. The van der Waals surface area contributed by atoms with Crippen LogP contribution in [0.2, 0.25) is 5.02 Å². The van der Waals surface area contributed by atoms with E-state index >= 15 is 0 Å². The first-order valence-electron chi connectivity index (χ1n) is 9.63. The van der Waals surface area contributed by atoms with Crippen LogP contribution in [-0.2, 0) is 14.8 Å². The monoisotopic (exact) mass is 437 g/mol. The lowest BCUT2D eigenvalue weighted by Crippen LogP contribution is -2.32. The van der Waals surface area contributed by atoms with Gasteiger partial charge in [0, 0.05) is 13.1 Å². The molecule has 1 aliphatic heterocycles. The molecule has 156 valence electrons. The first kappa shape index (κ1) is 21.6. The Balaban J connectivity index is 1.59. The molecule has 0 amide bonds. The molecule has 0 aliphatic carbocycles. The highest BCUT2D eigenvalue weighted by Crippen LogP contribution is 2.23. The number of ether oxygens (including phenoxy) is 2. The number of rotatable bonds is 7. The van der Waals surface area contributed by atoms with E-state index in [1.807, 2.05) is 0 Å². The van der Waals surface area contributed by atoms with Crippen LogP contribution in [0.4, 0.5) is 0 Å². The van der Waals surface area contributed by atoms with Gasteiger partial charge in [0.15, 0.2) is 0 Å². The summed E-state index contributed by atoms with van der Waals surface area (Å²) < 4.78 is 38.0. The molecule has 0 N–H and O–H groups in total. The highest BCUT2D eigenvalue weighted by molar-refractivity contribution is 7.89. The smallest absolute Gasteiger partial charge is 0.338 e. The molecule has 3 rings (SSSR count). The Morgan fingerprint density at radius 3 is 2.41 bits per heavy atom. The maximum atomic E-state index is 12.9. The highest BCUT2D eigenvalue weighted by Gasteiger charge is 2.26. The summed E-state index contributed by atoms with van der Waals surface area (Å²) in [6.07, 6.45) is 3.78. The fourth-order valence-electron chi connectivity index (χ4n) is 3.15. The van der Waals surface area contributed by atoms with Gasteiger partial charge in [0.1, 0.15) is 19.0 Å². The Morgan fingerprint density at radius 1 is 0.966 bits per heavy atom. The quantitative estimate of drug-likeness (QED) is 0.480. The minimum absolute atomic E-state index is 0.0210. The van der Waals surface area contributed by atoms with Crippen LogP contribution in [0.25, 0.3) is 0 Å². The van der Waals surface area contributed by atoms with Crippen molar-refractivity contribution in [3.05, 3.63) is 59.1 Å². The number of carbonyl (C=O) groups excluding carboxylic acids is 1. The zero-order valence-electron chi connectivity index (χ0n) is 16.1.